The molecule has 0 aliphatic carbocycles. The fraction of sp³-hybridized carbons (Fsp3) is 0.450. The number of hydrogen-bond acceptors (Lipinski definition) is 7. The Morgan fingerprint density at radius 2 is 2.10 bits per heavy atom. The average Bonchev–Trinajstić information content (AvgIpc) is 3.21. The van der Waals surface area contributed by atoms with Crippen LogP contribution in [-0.2, 0) is 16.6 Å². The fourth-order valence-corrected chi connectivity index (χ4v) is 7.06. The second-order valence-electron chi connectivity index (χ2n) is 7.41. The summed E-state index contributed by atoms with van der Waals surface area (Å²) in [6.07, 6.45) is 1.32. The first-order valence-electron chi connectivity index (χ1n) is 9.85. The Bertz CT molecular complexity index is 1030. The van der Waals surface area contributed by atoms with E-state index in [0.717, 1.165) is 35.0 Å². The molecule has 2 aromatic rings. The van der Waals surface area contributed by atoms with Crippen LogP contribution in [0.1, 0.15) is 18.4 Å². The molecule has 4 rings (SSSR count). The minimum Gasteiger partial charge on any atom is -0.497 e. The summed E-state index contributed by atoms with van der Waals surface area (Å²) in [5, 5.41) is 7.09. The molecule has 0 atom stereocenters. The first kappa shape index (κ1) is 21.6. The van der Waals surface area contributed by atoms with Gasteiger partial charge in [-0.05, 0) is 42.7 Å². The predicted molar refractivity (Wildman–Crippen MR) is 120 cm³/mol. The number of ether oxygens (including phenoxy) is 1. The molecule has 0 unspecified atom stereocenters. The van der Waals surface area contributed by atoms with Crippen LogP contribution in [0.15, 0.2) is 45.6 Å². The summed E-state index contributed by atoms with van der Waals surface area (Å²) in [6, 6.07) is 11.1. The van der Waals surface area contributed by atoms with Crippen molar-refractivity contribution in [2.24, 2.45) is 4.99 Å². The van der Waals surface area contributed by atoms with E-state index in [2.05, 4.69) is 10.6 Å². The number of hydrogen-bond donors (Lipinski definition) is 2. The Morgan fingerprint density at radius 1 is 1.30 bits per heavy atom. The van der Waals surface area contributed by atoms with Crippen molar-refractivity contribution in [3.63, 3.8) is 0 Å². The zero-order valence-corrected chi connectivity index (χ0v) is 19.1. The SMILES string of the molecule is COc1cccc(CNC2=NCCNC23CCN(S(=O)(=O)c2ccc(Cl)s2)CC3)c1. The molecule has 7 nitrogen and oxygen atoms in total. The van der Waals surface area contributed by atoms with E-state index < -0.39 is 10.0 Å². The van der Waals surface area contributed by atoms with Crippen LogP contribution in [0.5, 0.6) is 5.75 Å². The third-order valence-electron chi connectivity index (χ3n) is 5.61. The molecule has 1 saturated heterocycles. The molecule has 0 amide bonds. The zero-order valence-electron chi connectivity index (χ0n) is 16.7. The summed E-state index contributed by atoms with van der Waals surface area (Å²) in [6.45, 7) is 3.00. The number of rotatable bonds is 5. The molecule has 30 heavy (non-hydrogen) atoms. The lowest BCUT2D eigenvalue weighted by Crippen LogP contribution is -2.64. The Hall–Kier alpha value is -1.65. The first-order valence-corrected chi connectivity index (χ1v) is 12.5. The van der Waals surface area contributed by atoms with E-state index in [1.54, 1.807) is 23.5 Å². The van der Waals surface area contributed by atoms with Crippen molar-refractivity contribution in [2.45, 2.75) is 29.1 Å². The second kappa shape index (κ2) is 8.84. The van der Waals surface area contributed by atoms with E-state index in [0.29, 0.717) is 47.6 Å². The van der Waals surface area contributed by atoms with Crippen LogP contribution >= 0.6 is 22.9 Å². The maximum absolute atomic E-state index is 12.9. The van der Waals surface area contributed by atoms with E-state index in [1.807, 2.05) is 24.3 Å². The quantitative estimate of drug-likeness (QED) is 0.705. The highest BCUT2D eigenvalue weighted by atomic mass is 35.5. The number of nitrogens with zero attached hydrogens (tertiary/aromatic N) is 2. The van der Waals surface area contributed by atoms with Crippen LogP contribution in [0.25, 0.3) is 0 Å². The van der Waals surface area contributed by atoms with E-state index in [1.165, 1.54) is 0 Å². The molecule has 1 fully saturated rings. The van der Waals surface area contributed by atoms with Gasteiger partial charge in [0.1, 0.15) is 15.8 Å². The Kier molecular flexibility index (Phi) is 6.36. The lowest BCUT2D eigenvalue weighted by Gasteiger charge is -2.44. The standard InChI is InChI=1S/C20H25ClN4O3S2/c1-28-16-4-2-3-15(13-16)14-23-19-20(24-10-9-22-19)7-11-25(12-8-20)30(26,27)18-6-5-17(21)29-18/h2-6,13,24H,7-12,14H2,1H3,(H,22,23). The highest BCUT2D eigenvalue weighted by Gasteiger charge is 2.43. The molecule has 10 heteroatoms. The van der Waals surface area contributed by atoms with Gasteiger partial charge in [0, 0.05) is 26.2 Å². The first-order chi connectivity index (χ1) is 14.4. The van der Waals surface area contributed by atoms with E-state index in [-0.39, 0.29) is 5.54 Å². The van der Waals surface area contributed by atoms with Gasteiger partial charge in [0.2, 0.25) is 0 Å². The molecular weight excluding hydrogens is 444 g/mol. The van der Waals surface area contributed by atoms with Crippen molar-refractivity contribution in [3.05, 3.63) is 46.3 Å². The molecule has 1 aromatic carbocycles. The fourth-order valence-electron chi connectivity index (χ4n) is 3.98. The normalized spacial score (nSPS) is 19.5. The number of nitrogens with one attached hydrogen (secondary N) is 2. The Morgan fingerprint density at radius 3 is 2.80 bits per heavy atom. The van der Waals surface area contributed by atoms with Gasteiger partial charge in [-0.15, -0.1) is 11.3 Å². The minimum absolute atomic E-state index is 0.296. The van der Waals surface area contributed by atoms with Gasteiger partial charge in [0.15, 0.2) is 0 Å². The van der Waals surface area contributed by atoms with Crippen LogP contribution in [0.2, 0.25) is 4.34 Å². The van der Waals surface area contributed by atoms with Gasteiger partial charge in [-0.2, -0.15) is 4.31 Å². The molecular formula is C20H25ClN4O3S2. The number of piperidine rings is 1. The van der Waals surface area contributed by atoms with Gasteiger partial charge in [-0.1, -0.05) is 23.7 Å². The predicted octanol–water partition coefficient (Wildman–Crippen LogP) is 2.72. The number of aliphatic imine (C=N–C) groups is 1. The summed E-state index contributed by atoms with van der Waals surface area (Å²) in [4.78, 5) is 4.74. The van der Waals surface area contributed by atoms with Crippen LogP contribution in [0.3, 0.4) is 0 Å². The second-order valence-corrected chi connectivity index (χ2v) is 11.3. The number of thiophene rings is 1. The van der Waals surface area contributed by atoms with Crippen molar-refractivity contribution in [2.75, 3.05) is 33.3 Å². The summed E-state index contributed by atoms with van der Waals surface area (Å²) in [7, 11) is -1.86. The largest absolute Gasteiger partial charge is 0.497 e. The highest BCUT2D eigenvalue weighted by Crippen LogP contribution is 2.32. The van der Waals surface area contributed by atoms with Crippen LogP contribution in [0.4, 0.5) is 0 Å². The summed E-state index contributed by atoms with van der Waals surface area (Å²) in [5.41, 5.74) is 0.781. The molecule has 2 aliphatic rings. The smallest absolute Gasteiger partial charge is 0.252 e. The monoisotopic (exact) mass is 468 g/mol. The van der Waals surface area contributed by atoms with Crippen molar-refractivity contribution in [1.29, 1.82) is 0 Å². The maximum atomic E-state index is 12.9. The molecule has 2 aliphatic heterocycles. The van der Waals surface area contributed by atoms with Crippen LogP contribution in [0, 0.1) is 0 Å². The van der Waals surface area contributed by atoms with Crippen molar-refractivity contribution >= 4 is 38.8 Å². The number of methoxy groups -OCH3 is 1. The van der Waals surface area contributed by atoms with Gasteiger partial charge in [0.05, 0.1) is 23.5 Å². The van der Waals surface area contributed by atoms with E-state index in [9.17, 15) is 8.42 Å². The lowest BCUT2D eigenvalue weighted by molar-refractivity contribution is 0.241. The van der Waals surface area contributed by atoms with Gasteiger partial charge in [-0.3, -0.25) is 4.99 Å². The zero-order chi connectivity index (χ0) is 21.2. The minimum atomic E-state index is -3.51. The Labute approximate surface area is 186 Å². The number of amidine groups is 1. The van der Waals surface area contributed by atoms with Crippen molar-refractivity contribution in [3.8, 4) is 5.75 Å². The lowest BCUT2D eigenvalue weighted by atomic mass is 9.85. The number of sulfonamides is 1. The topological polar surface area (TPSA) is 83.0 Å². The van der Waals surface area contributed by atoms with Gasteiger partial charge < -0.3 is 15.4 Å². The van der Waals surface area contributed by atoms with Crippen molar-refractivity contribution in [1.82, 2.24) is 14.9 Å². The Balaban J connectivity index is 1.44. The van der Waals surface area contributed by atoms with Crippen LogP contribution in [-0.4, -0.2) is 57.4 Å². The summed E-state index contributed by atoms with van der Waals surface area (Å²) in [5.74, 6) is 1.73. The molecule has 1 aromatic heterocycles. The number of benzene rings is 1. The average molecular weight is 469 g/mol. The molecule has 2 N–H and O–H groups in total. The summed E-state index contributed by atoms with van der Waals surface area (Å²) < 4.78 is 33.5. The van der Waals surface area contributed by atoms with E-state index >= 15 is 0 Å². The maximum Gasteiger partial charge on any atom is 0.252 e. The van der Waals surface area contributed by atoms with Crippen LogP contribution < -0.4 is 15.4 Å². The molecule has 0 saturated carbocycles. The van der Waals surface area contributed by atoms with E-state index in [4.69, 9.17) is 21.3 Å². The molecule has 3 heterocycles. The highest BCUT2D eigenvalue weighted by molar-refractivity contribution is 7.91. The van der Waals surface area contributed by atoms with Gasteiger partial charge in [0.25, 0.3) is 10.0 Å². The molecule has 0 radical (unpaired) electrons. The third-order valence-corrected chi connectivity index (χ3v) is 9.21. The van der Waals surface area contributed by atoms with Gasteiger partial charge in [-0.25, -0.2) is 8.42 Å². The number of halogens is 1. The van der Waals surface area contributed by atoms with Gasteiger partial charge >= 0.3 is 0 Å². The summed E-state index contributed by atoms with van der Waals surface area (Å²) >= 11 is 7.04. The molecule has 162 valence electrons. The van der Waals surface area contributed by atoms with Crippen molar-refractivity contribution < 1.29 is 13.2 Å². The molecule has 0 bridgehead atoms. The third kappa shape index (κ3) is 4.36. The molecule has 1 spiro atoms.